The van der Waals surface area contributed by atoms with Gasteiger partial charge in [-0.25, -0.2) is 8.42 Å². The van der Waals surface area contributed by atoms with Crippen LogP contribution in [0.5, 0.6) is 0 Å². The molecule has 0 amide bonds. The Hall–Kier alpha value is -1.36. The molecule has 4 nitrogen and oxygen atoms in total. The molecule has 0 saturated carbocycles. The Bertz CT molecular complexity index is 506. The highest BCUT2D eigenvalue weighted by atomic mass is 32.2. The number of rotatable bonds is 4. The maximum atomic E-state index is 11.6. The van der Waals surface area contributed by atoms with Crippen molar-refractivity contribution in [1.82, 2.24) is 0 Å². The third kappa shape index (κ3) is 3.66. The quantitative estimate of drug-likeness (QED) is 0.634. The molecule has 0 aromatic heterocycles. The number of carbonyl (C=O) groups is 1. The van der Waals surface area contributed by atoms with Crippen LogP contribution in [0, 0.1) is 6.92 Å². The summed E-state index contributed by atoms with van der Waals surface area (Å²) in [5.41, 5.74) is 7.58. The molecule has 0 spiro atoms. The number of hydrogen-bond acceptors (Lipinski definition) is 4. The number of Topliss-reactive ketones (excluding diaryl/α,β-unsaturated/α-hetero) is 1. The highest BCUT2D eigenvalue weighted by Gasteiger charge is 2.10. The summed E-state index contributed by atoms with van der Waals surface area (Å²) < 4.78 is 21.8. The predicted molar refractivity (Wildman–Crippen MR) is 64.2 cm³/mol. The van der Waals surface area contributed by atoms with Crippen LogP contribution in [-0.2, 0) is 9.84 Å². The number of anilines is 1. The topological polar surface area (TPSA) is 77.2 Å². The molecule has 0 saturated heterocycles. The number of carbonyl (C=O) groups excluding carboxylic acids is 1. The van der Waals surface area contributed by atoms with Crippen LogP contribution >= 0.6 is 0 Å². The van der Waals surface area contributed by atoms with Gasteiger partial charge in [-0.05, 0) is 18.6 Å². The summed E-state index contributed by atoms with van der Waals surface area (Å²) in [7, 11) is -3.10. The van der Waals surface area contributed by atoms with Crippen molar-refractivity contribution < 1.29 is 13.2 Å². The fraction of sp³-hybridized carbons (Fsp3) is 0.364. The van der Waals surface area contributed by atoms with E-state index in [1.54, 1.807) is 18.2 Å². The van der Waals surface area contributed by atoms with Crippen LogP contribution in [0.2, 0.25) is 0 Å². The van der Waals surface area contributed by atoms with Crippen LogP contribution in [0.3, 0.4) is 0 Å². The Labute approximate surface area is 95.4 Å². The zero-order valence-electron chi connectivity index (χ0n) is 9.36. The van der Waals surface area contributed by atoms with Gasteiger partial charge in [-0.2, -0.15) is 0 Å². The first-order chi connectivity index (χ1) is 7.29. The summed E-state index contributed by atoms with van der Waals surface area (Å²) in [4.78, 5) is 11.6. The minimum atomic E-state index is -3.10. The predicted octanol–water partition coefficient (Wildman–Crippen LogP) is 1.19. The molecule has 0 atom stereocenters. The summed E-state index contributed by atoms with van der Waals surface area (Å²) in [6, 6.07) is 5.00. The Morgan fingerprint density at radius 2 is 2.00 bits per heavy atom. The number of ketones is 1. The van der Waals surface area contributed by atoms with Gasteiger partial charge in [0.05, 0.1) is 5.75 Å². The average Bonchev–Trinajstić information content (AvgIpc) is 2.17. The molecular formula is C11H15NO3S. The number of hydrogen-bond donors (Lipinski definition) is 1. The second-order valence-corrected chi connectivity index (χ2v) is 6.13. The van der Waals surface area contributed by atoms with E-state index in [4.69, 9.17) is 5.73 Å². The zero-order chi connectivity index (χ0) is 12.3. The number of aryl methyl sites for hydroxylation is 1. The molecule has 0 aliphatic heterocycles. The second kappa shape index (κ2) is 4.65. The molecule has 0 radical (unpaired) electrons. The van der Waals surface area contributed by atoms with E-state index in [-0.39, 0.29) is 18.0 Å². The highest BCUT2D eigenvalue weighted by molar-refractivity contribution is 7.90. The summed E-state index contributed by atoms with van der Waals surface area (Å²) in [5.74, 6) is -0.322. The molecule has 88 valence electrons. The molecule has 1 rings (SSSR count). The number of nitrogen functional groups attached to an aromatic ring is 1. The van der Waals surface area contributed by atoms with Gasteiger partial charge in [0, 0.05) is 23.9 Å². The highest BCUT2D eigenvalue weighted by Crippen LogP contribution is 2.14. The molecular weight excluding hydrogens is 226 g/mol. The fourth-order valence-corrected chi connectivity index (χ4v) is 1.79. The Morgan fingerprint density at radius 3 is 2.50 bits per heavy atom. The fourth-order valence-electron chi connectivity index (χ4n) is 1.24. The second-order valence-electron chi connectivity index (χ2n) is 3.87. The van der Waals surface area contributed by atoms with E-state index in [1.807, 2.05) is 6.92 Å². The standard InChI is InChI=1S/C11H15NO3S/c1-8-3-4-9(7-10(8)12)11(13)5-6-16(2,14)15/h3-4,7H,5-6,12H2,1-2H3. The van der Waals surface area contributed by atoms with Crippen molar-refractivity contribution in [2.24, 2.45) is 0 Å². The normalized spacial score (nSPS) is 11.4. The van der Waals surface area contributed by atoms with Crippen molar-refractivity contribution in [2.75, 3.05) is 17.7 Å². The Balaban J connectivity index is 2.78. The summed E-state index contributed by atoms with van der Waals surface area (Å²) in [6.45, 7) is 1.85. The number of nitrogens with two attached hydrogens (primary N) is 1. The first-order valence-electron chi connectivity index (χ1n) is 4.86. The van der Waals surface area contributed by atoms with E-state index >= 15 is 0 Å². The lowest BCUT2D eigenvalue weighted by atomic mass is 10.1. The Morgan fingerprint density at radius 1 is 1.38 bits per heavy atom. The summed E-state index contributed by atoms with van der Waals surface area (Å²) >= 11 is 0. The van der Waals surface area contributed by atoms with Crippen LogP contribution in [0.1, 0.15) is 22.3 Å². The first-order valence-corrected chi connectivity index (χ1v) is 6.93. The summed E-state index contributed by atoms with van der Waals surface area (Å²) in [6.07, 6.45) is 1.12. The molecule has 2 N–H and O–H groups in total. The lowest BCUT2D eigenvalue weighted by molar-refractivity contribution is 0.0989. The molecule has 0 unspecified atom stereocenters. The molecule has 0 heterocycles. The van der Waals surface area contributed by atoms with E-state index in [0.29, 0.717) is 11.3 Å². The van der Waals surface area contributed by atoms with E-state index in [2.05, 4.69) is 0 Å². The number of sulfone groups is 1. The first kappa shape index (κ1) is 12.7. The van der Waals surface area contributed by atoms with Gasteiger partial charge in [0.1, 0.15) is 9.84 Å². The lowest BCUT2D eigenvalue weighted by Gasteiger charge is -2.04. The minimum Gasteiger partial charge on any atom is -0.398 e. The maximum absolute atomic E-state index is 11.6. The largest absolute Gasteiger partial charge is 0.398 e. The van der Waals surface area contributed by atoms with Gasteiger partial charge < -0.3 is 5.73 Å². The van der Waals surface area contributed by atoms with Gasteiger partial charge in [-0.15, -0.1) is 0 Å². The van der Waals surface area contributed by atoms with Gasteiger partial charge >= 0.3 is 0 Å². The van der Waals surface area contributed by atoms with Crippen LogP contribution in [-0.4, -0.2) is 26.2 Å². The van der Waals surface area contributed by atoms with Crippen LogP contribution in [0.15, 0.2) is 18.2 Å². The van der Waals surface area contributed by atoms with Crippen molar-refractivity contribution in [3.63, 3.8) is 0 Å². The van der Waals surface area contributed by atoms with Crippen LogP contribution in [0.25, 0.3) is 0 Å². The molecule has 0 bridgehead atoms. The van der Waals surface area contributed by atoms with Gasteiger partial charge in [-0.3, -0.25) is 4.79 Å². The zero-order valence-corrected chi connectivity index (χ0v) is 10.2. The van der Waals surface area contributed by atoms with Gasteiger partial charge in [0.2, 0.25) is 0 Å². The molecule has 5 heteroatoms. The van der Waals surface area contributed by atoms with Gasteiger partial charge in [-0.1, -0.05) is 12.1 Å². The van der Waals surface area contributed by atoms with Crippen LogP contribution in [0.4, 0.5) is 5.69 Å². The molecule has 16 heavy (non-hydrogen) atoms. The van der Waals surface area contributed by atoms with Crippen molar-refractivity contribution >= 4 is 21.3 Å². The van der Waals surface area contributed by atoms with Crippen molar-refractivity contribution in [3.05, 3.63) is 29.3 Å². The molecule has 1 aromatic carbocycles. The minimum absolute atomic E-state index is 0.00132. The average molecular weight is 241 g/mol. The van der Waals surface area contributed by atoms with Crippen LogP contribution < -0.4 is 5.73 Å². The third-order valence-electron chi connectivity index (χ3n) is 2.30. The molecule has 0 fully saturated rings. The molecule has 0 aliphatic rings. The molecule has 1 aromatic rings. The lowest BCUT2D eigenvalue weighted by Crippen LogP contribution is -2.10. The van der Waals surface area contributed by atoms with Crippen molar-refractivity contribution in [3.8, 4) is 0 Å². The van der Waals surface area contributed by atoms with E-state index < -0.39 is 9.84 Å². The van der Waals surface area contributed by atoms with Gasteiger partial charge in [0.25, 0.3) is 0 Å². The Kier molecular flexibility index (Phi) is 3.70. The number of benzene rings is 1. The SMILES string of the molecule is Cc1ccc(C(=O)CCS(C)(=O)=O)cc1N. The third-order valence-corrected chi connectivity index (χ3v) is 3.25. The maximum Gasteiger partial charge on any atom is 0.163 e. The van der Waals surface area contributed by atoms with E-state index in [0.717, 1.165) is 11.8 Å². The van der Waals surface area contributed by atoms with Gasteiger partial charge in [0.15, 0.2) is 5.78 Å². The van der Waals surface area contributed by atoms with Crippen molar-refractivity contribution in [1.29, 1.82) is 0 Å². The molecule has 0 aliphatic carbocycles. The van der Waals surface area contributed by atoms with E-state index in [9.17, 15) is 13.2 Å². The summed E-state index contributed by atoms with van der Waals surface area (Å²) in [5, 5.41) is 0. The monoisotopic (exact) mass is 241 g/mol. The van der Waals surface area contributed by atoms with Crippen molar-refractivity contribution in [2.45, 2.75) is 13.3 Å². The smallest absolute Gasteiger partial charge is 0.163 e. The van der Waals surface area contributed by atoms with E-state index in [1.165, 1.54) is 0 Å².